The van der Waals surface area contributed by atoms with Crippen molar-refractivity contribution in [2.75, 3.05) is 6.61 Å². The second-order valence-electron chi connectivity index (χ2n) is 7.73. The number of esters is 1. The normalized spacial score (nSPS) is 12.7. The van der Waals surface area contributed by atoms with Gasteiger partial charge in [-0.25, -0.2) is 8.78 Å². The molecule has 1 atom stereocenters. The van der Waals surface area contributed by atoms with Gasteiger partial charge in [0.1, 0.15) is 17.2 Å². The van der Waals surface area contributed by atoms with Crippen molar-refractivity contribution >= 4 is 17.7 Å². The first-order valence-corrected chi connectivity index (χ1v) is 11.3. The molecule has 0 spiro atoms. The van der Waals surface area contributed by atoms with Gasteiger partial charge < -0.3 is 25.3 Å². The van der Waals surface area contributed by atoms with Gasteiger partial charge in [-0.1, -0.05) is 38.1 Å². The Bertz CT molecular complexity index is 1060. The minimum atomic E-state index is -2.73. The average Bonchev–Trinajstić information content (AvgIpc) is 2.82. The Balaban J connectivity index is 2.51. The van der Waals surface area contributed by atoms with Gasteiger partial charge in [0.05, 0.1) is 6.10 Å². The van der Waals surface area contributed by atoms with Crippen LogP contribution in [0.5, 0.6) is 5.75 Å². The summed E-state index contributed by atoms with van der Waals surface area (Å²) in [5, 5.41) is 9.96. The van der Waals surface area contributed by atoms with Gasteiger partial charge in [-0.2, -0.15) is 0 Å². The lowest BCUT2D eigenvalue weighted by molar-refractivity contribution is -0.233. The van der Waals surface area contributed by atoms with Crippen molar-refractivity contribution in [2.45, 2.75) is 59.0 Å². The number of hydrogen-bond acceptors (Lipinski definition) is 6. The first-order chi connectivity index (χ1) is 16.6. The molecule has 0 aliphatic heterocycles. The van der Waals surface area contributed by atoms with Gasteiger partial charge in [-0.15, -0.1) is 0 Å². The maximum atomic E-state index is 15.6. The van der Waals surface area contributed by atoms with Crippen LogP contribution in [0.1, 0.15) is 57.2 Å². The van der Waals surface area contributed by atoms with Gasteiger partial charge in [-0.3, -0.25) is 15.0 Å². The maximum Gasteiger partial charge on any atom is 0.326 e. The fourth-order valence-electron chi connectivity index (χ4n) is 3.45. The summed E-state index contributed by atoms with van der Waals surface area (Å²) >= 11 is 0. The molecule has 0 unspecified atom stereocenters. The summed E-state index contributed by atoms with van der Waals surface area (Å²) in [6, 6.07) is 8.47. The molecule has 0 saturated carbocycles. The zero-order valence-corrected chi connectivity index (χ0v) is 20.2. The Labute approximate surface area is 203 Å². The molecule has 35 heavy (non-hydrogen) atoms. The lowest BCUT2D eigenvalue weighted by atomic mass is 10.0. The Hall–Kier alpha value is -3.53. The van der Waals surface area contributed by atoms with Crippen LogP contribution in [-0.2, 0) is 31.4 Å². The number of hydrogen-bond donors (Lipinski definition) is 3. The van der Waals surface area contributed by atoms with Gasteiger partial charge >= 0.3 is 11.8 Å². The molecule has 0 bridgehead atoms. The van der Waals surface area contributed by atoms with E-state index in [0.29, 0.717) is 24.0 Å². The molecule has 4 N–H and O–H groups in total. The molecule has 2 aromatic carbocycles. The fourth-order valence-corrected chi connectivity index (χ4v) is 3.45. The number of amides is 1. The second kappa shape index (κ2) is 12.3. The minimum absolute atomic E-state index is 0.0831. The van der Waals surface area contributed by atoms with Crippen LogP contribution in [0.4, 0.5) is 8.78 Å². The Kier molecular flexibility index (Phi) is 9.70. The Morgan fingerprint density at radius 3 is 2.23 bits per heavy atom. The van der Waals surface area contributed by atoms with Crippen LogP contribution < -0.4 is 15.8 Å². The fraction of sp³-hybridized carbons (Fsp3) is 0.400. The van der Waals surface area contributed by atoms with Crippen LogP contribution in [-0.4, -0.2) is 30.4 Å². The molecule has 8 nitrogen and oxygen atoms in total. The third-order valence-electron chi connectivity index (χ3n) is 5.24. The van der Waals surface area contributed by atoms with E-state index < -0.39 is 34.9 Å². The molecule has 10 heteroatoms. The third kappa shape index (κ3) is 6.54. The maximum absolute atomic E-state index is 15.6. The van der Waals surface area contributed by atoms with Gasteiger partial charge in [0, 0.05) is 25.6 Å². The predicted octanol–water partition coefficient (Wildman–Crippen LogP) is 3.89. The zero-order valence-electron chi connectivity index (χ0n) is 20.2. The van der Waals surface area contributed by atoms with E-state index >= 15 is 8.78 Å². The SMILES string of the molecule is CCO[C@@](OC(C)=O)(C(=O)NCc1ccc(C(=N)N)cc1)c1c(F)ccc(OC(CC)CC)c1F. The molecule has 2 aromatic rings. The topological polar surface area (TPSA) is 124 Å². The Morgan fingerprint density at radius 2 is 1.71 bits per heavy atom. The van der Waals surface area contributed by atoms with Gasteiger partial charge in [-0.05, 0) is 37.5 Å². The van der Waals surface area contributed by atoms with Crippen molar-refractivity contribution in [3.63, 3.8) is 0 Å². The van der Waals surface area contributed by atoms with Crippen LogP contribution in [0.3, 0.4) is 0 Å². The van der Waals surface area contributed by atoms with E-state index in [1.807, 2.05) is 13.8 Å². The standard InChI is InChI=1S/C25H31F2N3O5/c1-5-18(6-2)34-20-13-12-19(26)21(22(20)27)25(33-7-3,35-15(4)31)24(32)30-14-16-8-10-17(11-9-16)23(28)29/h8-13,18H,5-7,14H2,1-4H3,(H3,28,29)(H,30,32)/t25-/m0/s1. The molecule has 0 aliphatic carbocycles. The highest BCUT2D eigenvalue weighted by molar-refractivity contribution is 5.94. The summed E-state index contributed by atoms with van der Waals surface area (Å²) in [5.41, 5.74) is 5.64. The molecule has 0 radical (unpaired) electrons. The molecule has 0 saturated heterocycles. The highest BCUT2D eigenvalue weighted by Gasteiger charge is 2.50. The first kappa shape index (κ1) is 27.7. The van der Waals surface area contributed by atoms with Crippen molar-refractivity contribution in [2.24, 2.45) is 5.73 Å². The largest absolute Gasteiger partial charge is 0.487 e. The van der Waals surface area contributed by atoms with E-state index in [2.05, 4.69) is 5.32 Å². The van der Waals surface area contributed by atoms with Crippen molar-refractivity contribution in [3.8, 4) is 5.75 Å². The number of rotatable bonds is 12. The molecule has 0 aromatic heterocycles. The number of halogens is 2. The second-order valence-corrected chi connectivity index (χ2v) is 7.73. The number of carbonyl (C=O) groups excluding carboxylic acids is 2. The summed E-state index contributed by atoms with van der Waals surface area (Å²) in [5.74, 6) is -7.55. The number of carbonyl (C=O) groups is 2. The highest BCUT2D eigenvalue weighted by Crippen LogP contribution is 2.37. The molecular formula is C25H31F2N3O5. The molecular weight excluding hydrogens is 460 g/mol. The molecule has 2 rings (SSSR count). The third-order valence-corrected chi connectivity index (χ3v) is 5.24. The van der Waals surface area contributed by atoms with Crippen LogP contribution in [0.25, 0.3) is 0 Å². The summed E-state index contributed by atoms with van der Waals surface area (Å²) in [4.78, 5) is 25.3. The molecule has 0 aliphatic rings. The number of ether oxygens (including phenoxy) is 3. The molecule has 0 fully saturated rings. The number of benzene rings is 2. The highest BCUT2D eigenvalue weighted by atomic mass is 19.1. The van der Waals surface area contributed by atoms with Crippen molar-refractivity contribution in [1.82, 2.24) is 5.32 Å². The number of amidine groups is 1. The quantitative estimate of drug-likeness (QED) is 0.179. The van der Waals surface area contributed by atoms with Crippen LogP contribution in [0.2, 0.25) is 0 Å². The monoisotopic (exact) mass is 491 g/mol. The van der Waals surface area contributed by atoms with E-state index in [4.69, 9.17) is 25.4 Å². The summed E-state index contributed by atoms with van der Waals surface area (Å²) in [7, 11) is 0. The summed E-state index contributed by atoms with van der Waals surface area (Å²) in [6.45, 7) is 5.92. The number of nitrogen functional groups attached to an aromatic ring is 1. The lowest BCUT2D eigenvalue weighted by Crippen LogP contribution is -2.50. The number of nitrogens with one attached hydrogen (secondary N) is 2. The van der Waals surface area contributed by atoms with E-state index in [-0.39, 0.29) is 30.8 Å². The van der Waals surface area contributed by atoms with Gasteiger partial charge in [0.2, 0.25) is 0 Å². The summed E-state index contributed by atoms with van der Waals surface area (Å²) < 4.78 is 47.0. The van der Waals surface area contributed by atoms with E-state index in [9.17, 15) is 9.59 Å². The van der Waals surface area contributed by atoms with Crippen LogP contribution >= 0.6 is 0 Å². The average molecular weight is 492 g/mol. The molecule has 190 valence electrons. The van der Waals surface area contributed by atoms with Crippen molar-refractivity contribution < 1.29 is 32.6 Å². The minimum Gasteiger partial charge on any atom is -0.487 e. The van der Waals surface area contributed by atoms with Gasteiger partial charge in [0.25, 0.3) is 5.91 Å². The smallest absolute Gasteiger partial charge is 0.326 e. The van der Waals surface area contributed by atoms with E-state index in [0.717, 1.165) is 19.1 Å². The Morgan fingerprint density at radius 1 is 1.09 bits per heavy atom. The summed E-state index contributed by atoms with van der Waals surface area (Å²) in [6.07, 6.45) is 0.808. The molecule has 1 amide bonds. The predicted molar refractivity (Wildman–Crippen MR) is 126 cm³/mol. The molecule has 0 heterocycles. The zero-order chi connectivity index (χ0) is 26.2. The van der Waals surface area contributed by atoms with Crippen molar-refractivity contribution in [1.29, 1.82) is 5.41 Å². The van der Waals surface area contributed by atoms with E-state index in [1.54, 1.807) is 24.3 Å². The first-order valence-electron chi connectivity index (χ1n) is 11.3. The van der Waals surface area contributed by atoms with Crippen LogP contribution in [0.15, 0.2) is 36.4 Å². The van der Waals surface area contributed by atoms with Crippen LogP contribution in [0, 0.1) is 17.0 Å². The lowest BCUT2D eigenvalue weighted by Gasteiger charge is -2.32. The van der Waals surface area contributed by atoms with E-state index in [1.165, 1.54) is 6.92 Å². The van der Waals surface area contributed by atoms with Gasteiger partial charge in [0.15, 0.2) is 11.6 Å². The van der Waals surface area contributed by atoms with Crippen molar-refractivity contribution in [3.05, 3.63) is 64.7 Å². The number of nitrogens with two attached hydrogens (primary N) is 1.